The number of benzene rings is 1. The van der Waals surface area contributed by atoms with Gasteiger partial charge in [0.2, 0.25) is 0 Å². The molecule has 0 aliphatic rings. The van der Waals surface area contributed by atoms with E-state index in [1.54, 1.807) is 12.1 Å². The van der Waals surface area contributed by atoms with Gasteiger partial charge in [0.05, 0.1) is 10.0 Å². The molecule has 0 unspecified atom stereocenters. The molecule has 3 N–H and O–H groups in total. The number of amides is 1. The molecule has 0 aliphatic carbocycles. The van der Waals surface area contributed by atoms with Gasteiger partial charge in [0, 0.05) is 17.4 Å². The van der Waals surface area contributed by atoms with E-state index in [1.165, 1.54) is 0 Å². The molecule has 1 rings (SSSR count). The molecule has 0 saturated heterocycles. The Balaban J connectivity index is 2.25. The van der Waals surface area contributed by atoms with Crippen LogP contribution in [0.2, 0.25) is 0 Å². The van der Waals surface area contributed by atoms with E-state index in [4.69, 9.17) is 5.11 Å². The number of phenolic OH excluding ortho intramolecular Hbond substituents is 1. The molecular formula is C15H19Br2NO4. The number of hydrogen-bond acceptors (Lipinski definition) is 3. The van der Waals surface area contributed by atoms with E-state index >= 15 is 0 Å². The number of aliphatic carboxylic acids is 1. The van der Waals surface area contributed by atoms with Gasteiger partial charge < -0.3 is 15.5 Å². The van der Waals surface area contributed by atoms with Crippen LogP contribution in [-0.2, 0) is 4.79 Å². The summed E-state index contributed by atoms with van der Waals surface area (Å²) in [5, 5.41) is 21.1. The molecule has 0 aromatic heterocycles. The summed E-state index contributed by atoms with van der Waals surface area (Å²) in [6.07, 6.45) is 4.52. The van der Waals surface area contributed by atoms with Crippen LogP contribution in [0.5, 0.6) is 5.75 Å². The van der Waals surface area contributed by atoms with E-state index in [2.05, 4.69) is 37.2 Å². The van der Waals surface area contributed by atoms with Crippen molar-refractivity contribution in [2.75, 3.05) is 6.54 Å². The lowest BCUT2D eigenvalue weighted by Gasteiger charge is -2.08. The van der Waals surface area contributed by atoms with Crippen LogP contribution in [0.15, 0.2) is 21.1 Å². The fourth-order valence-electron chi connectivity index (χ4n) is 1.97. The molecule has 1 aromatic carbocycles. The van der Waals surface area contributed by atoms with Gasteiger partial charge >= 0.3 is 5.97 Å². The van der Waals surface area contributed by atoms with Crippen molar-refractivity contribution in [2.45, 2.75) is 38.5 Å². The fraction of sp³-hybridized carbons (Fsp3) is 0.467. The van der Waals surface area contributed by atoms with Crippen LogP contribution in [0.1, 0.15) is 48.9 Å². The number of nitrogens with one attached hydrogen (secondary N) is 1. The highest BCUT2D eigenvalue weighted by atomic mass is 79.9. The Bertz CT molecular complexity index is 535. The molecule has 1 amide bonds. The van der Waals surface area contributed by atoms with Gasteiger partial charge in [-0.25, -0.2) is 0 Å². The Hall–Kier alpha value is -1.08. The van der Waals surface area contributed by atoms with Crippen LogP contribution in [-0.4, -0.2) is 28.6 Å². The summed E-state index contributed by atoms with van der Waals surface area (Å²) in [4.78, 5) is 22.3. The number of hydrogen-bond donors (Lipinski definition) is 3. The monoisotopic (exact) mass is 435 g/mol. The maximum Gasteiger partial charge on any atom is 0.303 e. The zero-order valence-corrected chi connectivity index (χ0v) is 15.2. The first-order chi connectivity index (χ1) is 10.4. The normalized spacial score (nSPS) is 10.5. The minimum Gasteiger partial charge on any atom is -0.506 e. The molecule has 0 fully saturated rings. The van der Waals surface area contributed by atoms with Crippen molar-refractivity contribution in [3.63, 3.8) is 0 Å². The zero-order valence-electron chi connectivity index (χ0n) is 12.1. The van der Waals surface area contributed by atoms with E-state index < -0.39 is 5.97 Å². The number of carbonyl (C=O) groups excluding carboxylic acids is 1. The molecule has 0 radical (unpaired) electrons. The van der Waals surface area contributed by atoms with Crippen LogP contribution in [0.25, 0.3) is 0 Å². The Morgan fingerprint density at radius 2 is 1.68 bits per heavy atom. The number of aromatic hydroxyl groups is 1. The second kappa shape index (κ2) is 9.84. The first-order valence-corrected chi connectivity index (χ1v) is 8.68. The maximum atomic E-state index is 12.0. The lowest BCUT2D eigenvalue weighted by Crippen LogP contribution is -2.24. The lowest BCUT2D eigenvalue weighted by atomic mass is 10.1. The number of carboxylic acids is 1. The van der Waals surface area contributed by atoms with E-state index in [-0.39, 0.29) is 23.6 Å². The summed E-state index contributed by atoms with van der Waals surface area (Å²) >= 11 is 6.47. The number of phenols is 1. The predicted octanol–water partition coefficient (Wildman–Crippen LogP) is 4.07. The SMILES string of the molecule is O=C(O)CCCCCCCNC(=O)c1cc(Br)cc(Br)c1O. The van der Waals surface area contributed by atoms with Gasteiger partial charge in [-0.15, -0.1) is 0 Å². The highest BCUT2D eigenvalue weighted by molar-refractivity contribution is 9.11. The average Bonchev–Trinajstić information content (AvgIpc) is 2.45. The summed E-state index contributed by atoms with van der Waals surface area (Å²) in [6.45, 7) is 0.529. The minimum absolute atomic E-state index is 0.0747. The maximum absolute atomic E-state index is 12.0. The highest BCUT2D eigenvalue weighted by Crippen LogP contribution is 2.31. The first-order valence-electron chi connectivity index (χ1n) is 7.10. The quantitative estimate of drug-likeness (QED) is 0.509. The van der Waals surface area contributed by atoms with Crippen molar-refractivity contribution in [3.8, 4) is 5.75 Å². The van der Waals surface area contributed by atoms with Crippen LogP contribution < -0.4 is 5.32 Å². The third kappa shape index (κ3) is 6.79. The van der Waals surface area contributed by atoms with Gasteiger partial charge in [0.15, 0.2) is 0 Å². The van der Waals surface area contributed by atoms with Gasteiger partial charge in [-0.3, -0.25) is 9.59 Å². The van der Waals surface area contributed by atoms with E-state index in [1.807, 2.05) is 0 Å². The zero-order chi connectivity index (χ0) is 16.5. The largest absolute Gasteiger partial charge is 0.506 e. The Labute approximate surface area is 146 Å². The van der Waals surface area contributed by atoms with Crippen LogP contribution >= 0.6 is 31.9 Å². The molecule has 0 heterocycles. The topological polar surface area (TPSA) is 86.6 Å². The Morgan fingerprint density at radius 3 is 2.36 bits per heavy atom. The summed E-state index contributed by atoms with van der Waals surface area (Å²) < 4.78 is 1.17. The van der Waals surface area contributed by atoms with Crippen molar-refractivity contribution >= 4 is 43.7 Å². The molecule has 122 valence electrons. The van der Waals surface area contributed by atoms with Crippen LogP contribution in [0, 0.1) is 0 Å². The predicted molar refractivity (Wildman–Crippen MR) is 91.2 cm³/mol. The van der Waals surface area contributed by atoms with Crippen molar-refractivity contribution in [1.29, 1.82) is 0 Å². The van der Waals surface area contributed by atoms with Crippen molar-refractivity contribution in [3.05, 3.63) is 26.6 Å². The molecule has 0 atom stereocenters. The van der Waals surface area contributed by atoms with E-state index in [9.17, 15) is 14.7 Å². The Morgan fingerprint density at radius 1 is 1.05 bits per heavy atom. The molecule has 5 nitrogen and oxygen atoms in total. The molecule has 1 aromatic rings. The molecule has 0 spiro atoms. The van der Waals surface area contributed by atoms with Gasteiger partial charge in [-0.1, -0.05) is 35.2 Å². The summed E-state index contributed by atoms with van der Waals surface area (Å²) in [5.74, 6) is -1.15. The van der Waals surface area contributed by atoms with Crippen molar-refractivity contribution < 1.29 is 19.8 Å². The highest BCUT2D eigenvalue weighted by Gasteiger charge is 2.14. The second-order valence-electron chi connectivity index (χ2n) is 4.95. The fourth-order valence-corrected chi connectivity index (χ4v) is 3.19. The molecule has 0 saturated carbocycles. The molecule has 22 heavy (non-hydrogen) atoms. The molecule has 7 heteroatoms. The number of carboxylic acid groups (broad SMARTS) is 1. The minimum atomic E-state index is -0.757. The number of rotatable bonds is 9. The van der Waals surface area contributed by atoms with Gasteiger partial charge in [-0.05, 0) is 40.9 Å². The lowest BCUT2D eigenvalue weighted by molar-refractivity contribution is -0.137. The number of unbranched alkanes of at least 4 members (excludes halogenated alkanes) is 4. The Kier molecular flexibility index (Phi) is 8.48. The smallest absolute Gasteiger partial charge is 0.303 e. The van der Waals surface area contributed by atoms with Gasteiger partial charge in [-0.2, -0.15) is 0 Å². The summed E-state index contributed by atoms with van der Waals surface area (Å²) in [6, 6.07) is 3.24. The van der Waals surface area contributed by atoms with E-state index in [0.717, 1.165) is 25.7 Å². The molecule has 0 aliphatic heterocycles. The second-order valence-corrected chi connectivity index (χ2v) is 6.72. The van der Waals surface area contributed by atoms with E-state index in [0.29, 0.717) is 21.9 Å². The first kappa shape index (κ1) is 19.0. The van der Waals surface area contributed by atoms with Crippen molar-refractivity contribution in [1.82, 2.24) is 5.32 Å². The molecular weight excluding hydrogens is 418 g/mol. The van der Waals surface area contributed by atoms with Gasteiger partial charge in [0.1, 0.15) is 5.75 Å². The average molecular weight is 437 g/mol. The van der Waals surface area contributed by atoms with Crippen molar-refractivity contribution in [2.24, 2.45) is 0 Å². The van der Waals surface area contributed by atoms with Crippen LogP contribution in [0.4, 0.5) is 0 Å². The van der Waals surface area contributed by atoms with Crippen LogP contribution in [0.3, 0.4) is 0 Å². The third-order valence-electron chi connectivity index (χ3n) is 3.13. The molecule has 0 bridgehead atoms. The van der Waals surface area contributed by atoms with Gasteiger partial charge in [0.25, 0.3) is 5.91 Å². The summed E-state index contributed by atoms with van der Waals surface area (Å²) in [7, 11) is 0. The number of halogens is 2. The summed E-state index contributed by atoms with van der Waals surface area (Å²) in [5.41, 5.74) is 0.225. The number of carbonyl (C=O) groups is 2. The standard InChI is InChI=1S/C15H19Br2NO4/c16-10-8-11(14(21)12(17)9-10)15(22)18-7-5-3-1-2-4-6-13(19)20/h8-9,21H,1-7H2,(H,18,22)(H,19,20). The third-order valence-corrected chi connectivity index (χ3v) is 4.19.